The lowest BCUT2D eigenvalue weighted by atomic mass is 9.98. The van der Waals surface area contributed by atoms with Crippen molar-refractivity contribution in [3.63, 3.8) is 0 Å². The van der Waals surface area contributed by atoms with Gasteiger partial charge in [0.25, 0.3) is 5.91 Å². The molecule has 2 aromatic carbocycles. The summed E-state index contributed by atoms with van der Waals surface area (Å²) in [7, 11) is 0. The summed E-state index contributed by atoms with van der Waals surface area (Å²) in [4.78, 5) is 25.9. The number of nitrogen functional groups attached to an aromatic ring is 1. The molecule has 2 aromatic heterocycles. The molecule has 262 valence electrons. The number of halogens is 1. The van der Waals surface area contributed by atoms with Gasteiger partial charge in [-0.25, -0.2) is 9.97 Å². The van der Waals surface area contributed by atoms with Gasteiger partial charge in [-0.15, -0.1) is 0 Å². The van der Waals surface area contributed by atoms with E-state index >= 15 is 0 Å². The Morgan fingerprint density at radius 2 is 1.80 bits per heavy atom. The molecule has 2 aliphatic carbocycles. The van der Waals surface area contributed by atoms with Gasteiger partial charge in [0, 0.05) is 62.3 Å². The number of aliphatic hydroxyl groups excluding tert-OH is 2. The van der Waals surface area contributed by atoms with Crippen LogP contribution in [0.5, 0.6) is 0 Å². The van der Waals surface area contributed by atoms with E-state index in [4.69, 9.17) is 10.5 Å². The summed E-state index contributed by atoms with van der Waals surface area (Å²) in [5.41, 5.74) is 13.2. The highest BCUT2D eigenvalue weighted by molar-refractivity contribution is 5.99. The van der Waals surface area contributed by atoms with Gasteiger partial charge in [-0.05, 0) is 78.1 Å². The highest BCUT2D eigenvalue weighted by Gasteiger charge is 2.32. The molecule has 1 saturated carbocycles. The number of fused-ring (bicyclic) bond motifs is 1. The standard InChI is InChI=1S/C39H45FN6O4/c40-37-32(3-2-14-42-37)29-20-33(38(41)43-21-29)39(49)44-34-4-1-5-36(34)50-24-25-6-8-26(9-7-25)27-10-12-31-28(19-27)11-13-35(31)46-17-15-45(16-18-46)22-30(48)23-47/h2-3,6-10,12,14,19-21,30,34-36,47-48H,1,4-5,11,13,15-18,22-24H2,(H2,41,43)(H,44,49)/t30-,34-,35-,36-/m0/s1. The Bertz CT molecular complexity index is 1800. The summed E-state index contributed by atoms with van der Waals surface area (Å²) in [6.45, 7) is 4.53. The van der Waals surface area contributed by atoms with Gasteiger partial charge in [0.15, 0.2) is 0 Å². The normalized spacial score (nSPS) is 21.6. The van der Waals surface area contributed by atoms with Gasteiger partial charge >= 0.3 is 0 Å². The quantitative estimate of drug-likeness (QED) is 0.170. The number of benzene rings is 2. The Hall–Kier alpha value is -4.26. The molecule has 0 bridgehead atoms. The first-order valence-corrected chi connectivity index (χ1v) is 17.6. The van der Waals surface area contributed by atoms with Crippen LogP contribution in [0.1, 0.15) is 58.8 Å². The summed E-state index contributed by atoms with van der Waals surface area (Å²) in [5, 5.41) is 22.1. The number of anilines is 1. The van der Waals surface area contributed by atoms with Crippen LogP contribution in [0.15, 0.2) is 73.1 Å². The van der Waals surface area contributed by atoms with Crippen molar-refractivity contribution in [2.24, 2.45) is 0 Å². The highest BCUT2D eigenvalue weighted by Crippen LogP contribution is 2.38. The van der Waals surface area contributed by atoms with Crippen LogP contribution < -0.4 is 11.1 Å². The van der Waals surface area contributed by atoms with Crippen LogP contribution >= 0.6 is 0 Å². The molecule has 3 aliphatic rings. The van der Waals surface area contributed by atoms with Crippen LogP contribution in [0.3, 0.4) is 0 Å². The fourth-order valence-corrected chi connectivity index (χ4v) is 7.71. The molecule has 5 N–H and O–H groups in total. The number of rotatable bonds is 11. The molecule has 4 aromatic rings. The molecular formula is C39H45FN6O4. The first-order chi connectivity index (χ1) is 24.4. The number of β-amino-alcohol motifs (C(OH)–C–C–N with tert-alkyl or cyclic N) is 1. The fourth-order valence-electron chi connectivity index (χ4n) is 7.71. The monoisotopic (exact) mass is 680 g/mol. The van der Waals surface area contributed by atoms with Gasteiger partial charge in [-0.1, -0.05) is 42.5 Å². The SMILES string of the molecule is Nc1ncc(-c2cccnc2F)cc1C(=O)N[C@H]1CCC[C@@H]1OCc1ccc(-c2ccc3c(c2)CC[C@@H]3N2CCN(C[C@H](O)CO)CC2)cc1. The molecule has 2 fully saturated rings. The number of pyridine rings is 2. The summed E-state index contributed by atoms with van der Waals surface area (Å²) in [6, 6.07) is 20.4. The van der Waals surface area contributed by atoms with E-state index in [0.29, 0.717) is 24.8 Å². The van der Waals surface area contributed by atoms with Crippen LogP contribution in [-0.2, 0) is 17.8 Å². The van der Waals surface area contributed by atoms with Crippen LogP contribution in [0, 0.1) is 5.95 Å². The maximum Gasteiger partial charge on any atom is 0.255 e. The number of aryl methyl sites for hydroxylation is 1. The summed E-state index contributed by atoms with van der Waals surface area (Å²) < 4.78 is 20.6. The van der Waals surface area contributed by atoms with E-state index in [2.05, 4.69) is 67.5 Å². The molecule has 1 aliphatic heterocycles. The Labute approximate surface area is 292 Å². The zero-order chi connectivity index (χ0) is 34.6. The number of aliphatic hydroxyl groups is 2. The van der Waals surface area contributed by atoms with E-state index in [1.165, 1.54) is 34.6 Å². The number of carbonyl (C=O) groups is 1. The lowest BCUT2D eigenvalue weighted by molar-refractivity contribution is 0.0272. The van der Waals surface area contributed by atoms with Crippen molar-refractivity contribution in [3.8, 4) is 22.3 Å². The smallest absolute Gasteiger partial charge is 0.255 e. The topological polar surface area (TPSA) is 137 Å². The van der Waals surface area contributed by atoms with Crippen molar-refractivity contribution in [1.29, 1.82) is 0 Å². The Balaban J connectivity index is 0.931. The molecule has 3 heterocycles. The first-order valence-electron chi connectivity index (χ1n) is 17.6. The molecule has 1 amide bonds. The molecule has 1 saturated heterocycles. The van der Waals surface area contributed by atoms with Gasteiger partial charge in [0.05, 0.1) is 37.0 Å². The van der Waals surface area contributed by atoms with E-state index in [1.54, 1.807) is 18.2 Å². The van der Waals surface area contributed by atoms with Gasteiger partial charge < -0.3 is 26.0 Å². The minimum absolute atomic E-state index is 0.0841. The minimum atomic E-state index is -0.671. The third kappa shape index (κ3) is 7.57. The molecule has 7 rings (SSSR count). The maximum atomic E-state index is 14.3. The van der Waals surface area contributed by atoms with E-state index in [1.807, 2.05) is 0 Å². The second-order valence-corrected chi connectivity index (χ2v) is 13.7. The zero-order valence-electron chi connectivity index (χ0n) is 28.2. The Kier molecular flexibility index (Phi) is 10.5. The predicted octanol–water partition coefficient (Wildman–Crippen LogP) is 4.36. The van der Waals surface area contributed by atoms with E-state index in [0.717, 1.165) is 63.8 Å². The highest BCUT2D eigenvalue weighted by atomic mass is 19.1. The average Bonchev–Trinajstić information content (AvgIpc) is 3.78. The van der Waals surface area contributed by atoms with Crippen LogP contribution in [-0.4, -0.2) is 93.5 Å². The number of ether oxygens (including phenoxy) is 1. The lowest BCUT2D eigenvalue weighted by Gasteiger charge is -2.38. The van der Waals surface area contributed by atoms with Crippen LogP contribution in [0.25, 0.3) is 22.3 Å². The van der Waals surface area contributed by atoms with Gasteiger partial charge in [0.1, 0.15) is 5.82 Å². The zero-order valence-corrected chi connectivity index (χ0v) is 28.2. The number of carbonyl (C=O) groups excluding carboxylic acids is 1. The second kappa shape index (κ2) is 15.3. The third-order valence-corrected chi connectivity index (χ3v) is 10.5. The largest absolute Gasteiger partial charge is 0.394 e. The lowest BCUT2D eigenvalue weighted by Crippen LogP contribution is -2.49. The van der Waals surface area contributed by atoms with Gasteiger partial charge in [-0.3, -0.25) is 14.6 Å². The molecule has 10 nitrogen and oxygen atoms in total. The van der Waals surface area contributed by atoms with E-state index in [-0.39, 0.29) is 41.6 Å². The van der Waals surface area contributed by atoms with Crippen LogP contribution in [0.2, 0.25) is 0 Å². The number of nitrogens with one attached hydrogen (secondary N) is 1. The summed E-state index contributed by atoms with van der Waals surface area (Å²) in [5.74, 6) is -0.908. The molecule has 0 radical (unpaired) electrons. The summed E-state index contributed by atoms with van der Waals surface area (Å²) in [6.07, 6.45) is 6.78. The van der Waals surface area contributed by atoms with Gasteiger partial charge in [-0.2, -0.15) is 4.39 Å². The third-order valence-electron chi connectivity index (χ3n) is 10.5. The molecular weight excluding hydrogens is 635 g/mol. The molecule has 4 atom stereocenters. The molecule has 50 heavy (non-hydrogen) atoms. The number of aromatic nitrogens is 2. The number of nitrogens with zero attached hydrogens (tertiary/aromatic N) is 4. The van der Waals surface area contributed by atoms with Crippen molar-refractivity contribution < 1.29 is 24.1 Å². The van der Waals surface area contributed by atoms with E-state index < -0.39 is 12.1 Å². The number of amides is 1. The molecule has 11 heteroatoms. The number of nitrogens with two attached hydrogens (primary N) is 1. The van der Waals surface area contributed by atoms with Crippen molar-refractivity contribution in [2.45, 2.75) is 63.0 Å². The minimum Gasteiger partial charge on any atom is -0.394 e. The Morgan fingerprint density at radius 3 is 2.58 bits per heavy atom. The average molecular weight is 681 g/mol. The number of hydrogen-bond donors (Lipinski definition) is 4. The van der Waals surface area contributed by atoms with Gasteiger partial charge in [0.2, 0.25) is 5.95 Å². The maximum absolute atomic E-state index is 14.3. The van der Waals surface area contributed by atoms with Crippen molar-refractivity contribution >= 4 is 11.7 Å². The van der Waals surface area contributed by atoms with Crippen molar-refractivity contribution in [1.82, 2.24) is 25.1 Å². The summed E-state index contributed by atoms with van der Waals surface area (Å²) >= 11 is 0. The molecule has 0 spiro atoms. The second-order valence-electron chi connectivity index (χ2n) is 13.7. The first kappa shape index (κ1) is 34.2. The van der Waals surface area contributed by atoms with Crippen LogP contribution in [0.4, 0.5) is 10.2 Å². The number of piperazine rings is 1. The number of hydrogen-bond acceptors (Lipinski definition) is 9. The predicted molar refractivity (Wildman–Crippen MR) is 190 cm³/mol. The van der Waals surface area contributed by atoms with E-state index in [9.17, 15) is 19.4 Å². The molecule has 0 unspecified atom stereocenters. The fraction of sp³-hybridized carbons (Fsp3) is 0.410. The van der Waals surface area contributed by atoms with Crippen molar-refractivity contribution in [3.05, 3.63) is 101 Å². The Morgan fingerprint density at radius 1 is 1.00 bits per heavy atom. The van der Waals surface area contributed by atoms with Crippen molar-refractivity contribution in [2.75, 3.05) is 45.1 Å².